The quantitative estimate of drug-likeness (QED) is 0.879. The maximum absolute atomic E-state index is 6.00. The van der Waals surface area contributed by atoms with Crippen molar-refractivity contribution in [3.8, 4) is 0 Å². The molecule has 0 aliphatic carbocycles. The van der Waals surface area contributed by atoms with Gasteiger partial charge in [0.25, 0.3) is 0 Å². The molecular formula is C16H24N4. The Hall–Kier alpha value is -1.65. The maximum atomic E-state index is 6.00. The van der Waals surface area contributed by atoms with E-state index >= 15 is 0 Å². The van der Waals surface area contributed by atoms with E-state index in [0.717, 1.165) is 6.54 Å². The number of hydrogen-bond acceptors (Lipinski definition) is 3. The van der Waals surface area contributed by atoms with Gasteiger partial charge in [-0.1, -0.05) is 30.3 Å². The first-order chi connectivity index (χ1) is 9.63. The average Bonchev–Trinajstić information content (AvgIpc) is 2.90. The van der Waals surface area contributed by atoms with E-state index < -0.39 is 0 Å². The zero-order valence-corrected chi connectivity index (χ0v) is 12.5. The highest BCUT2D eigenvalue weighted by molar-refractivity contribution is 5.15. The van der Waals surface area contributed by atoms with Gasteiger partial charge >= 0.3 is 0 Å². The van der Waals surface area contributed by atoms with Gasteiger partial charge in [0.2, 0.25) is 0 Å². The van der Waals surface area contributed by atoms with Crippen LogP contribution < -0.4 is 5.73 Å². The molecule has 1 heterocycles. The Kier molecular flexibility index (Phi) is 4.93. The maximum Gasteiger partial charge on any atom is 0.0951 e. The third-order valence-electron chi connectivity index (χ3n) is 3.62. The molecule has 20 heavy (non-hydrogen) atoms. The molecule has 0 aliphatic heterocycles. The minimum Gasteiger partial charge on any atom is -0.331 e. The van der Waals surface area contributed by atoms with Crippen LogP contribution in [0.15, 0.2) is 42.9 Å². The van der Waals surface area contributed by atoms with Crippen LogP contribution in [0.25, 0.3) is 0 Å². The van der Waals surface area contributed by atoms with Crippen molar-refractivity contribution in [3.63, 3.8) is 0 Å². The lowest BCUT2D eigenvalue weighted by atomic mass is 10.1. The largest absolute Gasteiger partial charge is 0.331 e. The van der Waals surface area contributed by atoms with E-state index in [9.17, 15) is 0 Å². The summed E-state index contributed by atoms with van der Waals surface area (Å²) in [5.41, 5.74) is 8.48. The second kappa shape index (κ2) is 6.68. The molecular weight excluding hydrogens is 248 g/mol. The lowest BCUT2D eigenvalue weighted by Crippen LogP contribution is -2.32. The van der Waals surface area contributed by atoms with Gasteiger partial charge in [-0.25, -0.2) is 4.98 Å². The van der Waals surface area contributed by atoms with E-state index in [0.29, 0.717) is 12.6 Å². The van der Waals surface area contributed by atoms with Crippen molar-refractivity contribution in [2.45, 2.75) is 32.5 Å². The highest BCUT2D eigenvalue weighted by Crippen LogP contribution is 2.22. The van der Waals surface area contributed by atoms with Crippen molar-refractivity contribution in [3.05, 3.63) is 54.1 Å². The van der Waals surface area contributed by atoms with Crippen LogP contribution in [0.3, 0.4) is 0 Å². The summed E-state index contributed by atoms with van der Waals surface area (Å²) in [6.07, 6.45) is 3.82. The van der Waals surface area contributed by atoms with Crippen molar-refractivity contribution < 1.29 is 0 Å². The summed E-state index contributed by atoms with van der Waals surface area (Å²) < 4.78 is 2.19. The first-order valence-corrected chi connectivity index (χ1v) is 7.09. The number of nitrogens with zero attached hydrogens (tertiary/aromatic N) is 3. The van der Waals surface area contributed by atoms with Crippen molar-refractivity contribution in [2.24, 2.45) is 5.73 Å². The Morgan fingerprint density at radius 1 is 1.25 bits per heavy atom. The van der Waals surface area contributed by atoms with Crippen LogP contribution in [0, 0.1) is 0 Å². The van der Waals surface area contributed by atoms with Crippen molar-refractivity contribution in [2.75, 3.05) is 13.6 Å². The van der Waals surface area contributed by atoms with Crippen LogP contribution in [0.5, 0.6) is 0 Å². The lowest BCUT2D eigenvalue weighted by Gasteiger charge is -2.28. The average molecular weight is 272 g/mol. The first-order valence-electron chi connectivity index (χ1n) is 7.09. The summed E-state index contributed by atoms with van der Waals surface area (Å²) in [6, 6.07) is 11.0. The second-order valence-electron chi connectivity index (χ2n) is 5.47. The molecule has 4 nitrogen and oxygen atoms in total. The van der Waals surface area contributed by atoms with Gasteiger partial charge < -0.3 is 10.3 Å². The van der Waals surface area contributed by atoms with E-state index in [2.05, 4.69) is 59.6 Å². The Morgan fingerprint density at radius 2 is 1.95 bits per heavy atom. The van der Waals surface area contributed by atoms with E-state index in [4.69, 9.17) is 5.73 Å². The van der Waals surface area contributed by atoms with E-state index in [1.54, 1.807) is 0 Å². The third kappa shape index (κ3) is 3.26. The van der Waals surface area contributed by atoms with Gasteiger partial charge in [0.05, 0.1) is 18.1 Å². The lowest BCUT2D eigenvalue weighted by molar-refractivity contribution is 0.230. The van der Waals surface area contributed by atoms with Gasteiger partial charge in [0.15, 0.2) is 0 Å². The molecule has 2 rings (SSSR count). The Balaban J connectivity index is 2.17. The SMILES string of the molecule is CC(C)n1cncc1C(CN)N(C)Cc1ccccc1. The van der Waals surface area contributed by atoms with Gasteiger partial charge in [0.1, 0.15) is 0 Å². The first kappa shape index (κ1) is 14.8. The predicted molar refractivity (Wildman–Crippen MR) is 82.3 cm³/mol. The molecule has 0 fully saturated rings. The Bertz CT molecular complexity index is 518. The van der Waals surface area contributed by atoms with Crippen LogP contribution in [0.2, 0.25) is 0 Å². The van der Waals surface area contributed by atoms with Crippen LogP contribution >= 0.6 is 0 Å². The number of imidazole rings is 1. The molecule has 0 saturated carbocycles. The second-order valence-corrected chi connectivity index (χ2v) is 5.47. The topological polar surface area (TPSA) is 47.1 Å². The highest BCUT2D eigenvalue weighted by Gasteiger charge is 2.20. The number of aromatic nitrogens is 2. The summed E-state index contributed by atoms with van der Waals surface area (Å²) in [4.78, 5) is 6.57. The summed E-state index contributed by atoms with van der Waals surface area (Å²) in [6.45, 7) is 5.79. The number of benzene rings is 1. The summed E-state index contributed by atoms with van der Waals surface area (Å²) in [7, 11) is 2.11. The molecule has 4 heteroatoms. The number of likely N-dealkylation sites (N-methyl/N-ethyl adjacent to an activating group) is 1. The zero-order chi connectivity index (χ0) is 14.5. The summed E-state index contributed by atoms with van der Waals surface area (Å²) in [5, 5.41) is 0. The Morgan fingerprint density at radius 3 is 2.55 bits per heavy atom. The minimum atomic E-state index is 0.181. The van der Waals surface area contributed by atoms with Gasteiger partial charge in [0, 0.05) is 25.3 Å². The molecule has 0 aliphatic rings. The highest BCUT2D eigenvalue weighted by atomic mass is 15.2. The molecule has 1 unspecified atom stereocenters. The van der Waals surface area contributed by atoms with Gasteiger partial charge in [-0.3, -0.25) is 4.90 Å². The fourth-order valence-corrected chi connectivity index (χ4v) is 2.51. The molecule has 108 valence electrons. The van der Waals surface area contributed by atoms with E-state index in [1.165, 1.54) is 11.3 Å². The number of nitrogens with two attached hydrogens (primary N) is 1. The number of rotatable bonds is 6. The molecule has 1 aromatic heterocycles. The zero-order valence-electron chi connectivity index (χ0n) is 12.5. The normalized spacial score (nSPS) is 13.1. The molecule has 0 spiro atoms. The molecule has 0 radical (unpaired) electrons. The third-order valence-corrected chi connectivity index (χ3v) is 3.62. The van der Waals surface area contributed by atoms with Gasteiger partial charge in [-0.05, 0) is 26.5 Å². The summed E-state index contributed by atoms with van der Waals surface area (Å²) in [5.74, 6) is 0. The van der Waals surface area contributed by atoms with Crippen LogP contribution in [0.1, 0.15) is 37.2 Å². The molecule has 1 atom stereocenters. The van der Waals surface area contributed by atoms with Gasteiger partial charge in [-0.15, -0.1) is 0 Å². The standard InChI is InChI=1S/C16H24N4/c1-13(2)20-12-18-10-16(20)15(9-17)19(3)11-14-7-5-4-6-8-14/h4-8,10,12-13,15H,9,11,17H2,1-3H3. The molecule has 0 bridgehead atoms. The van der Waals surface area contributed by atoms with Crippen LogP contribution in [0.4, 0.5) is 0 Å². The van der Waals surface area contributed by atoms with E-state index in [1.807, 2.05) is 18.6 Å². The van der Waals surface area contributed by atoms with Crippen molar-refractivity contribution >= 4 is 0 Å². The smallest absolute Gasteiger partial charge is 0.0951 e. The van der Waals surface area contributed by atoms with Crippen LogP contribution in [-0.4, -0.2) is 28.0 Å². The van der Waals surface area contributed by atoms with E-state index in [-0.39, 0.29) is 6.04 Å². The fraction of sp³-hybridized carbons (Fsp3) is 0.438. The molecule has 2 N–H and O–H groups in total. The fourth-order valence-electron chi connectivity index (χ4n) is 2.51. The van der Waals surface area contributed by atoms with Crippen molar-refractivity contribution in [1.82, 2.24) is 14.5 Å². The van der Waals surface area contributed by atoms with Crippen LogP contribution in [-0.2, 0) is 6.54 Å². The van der Waals surface area contributed by atoms with Crippen molar-refractivity contribution in [1.29, 1.82) is 0 Å². The monoisotopic (exact) mass is 272 g/mol. The minimum absolute atomic E-state index is 0.181. The predicted octanol–water partition coefficient (Wildman–Crippen LogP) is 2.60. The molecule has 0 amide bonds. The molecule has 2 aromatic rings. The number of hydrogen-bond donors (Lipinski definition) is 1. The Labute approximate surface area is 121 Å². The molecule has 1 aromatic carbocycles. The molecule has 0 saturated heterocycles. The summed E-state index contributed by atoms with van der Waals surface area (Å²) >= 11 is 0. The van der Waals surface area contributed by atoms with Gasteiger partial charge in [-0.2, -0.15) is 0 Å².